The monoisotopic (exact) mass is 342 g/mol. The minimum atomic E-state index is -3.14. The topological polar surface area (TPSA) is 108 Å². The van der Waals surface area contributed by atoms with Crippen LogP contribution < -0.4 is 11.1 Å². The zero-order valence-electron chi connectivity index (χ0n) is 13.4. The standard InChI is InChI=1S/C15H23N2O5P/c1-3-21-23(20,22-4-2)11-12-5-7-13(8-6-12)17-15(19)10-9-14(16)18/h5-8H,3-4,9-11H2,1-2H3,(H2,16,18)(H,17,19). The molecule has 1 aromatic rings. The van der Waals surface area contributed by atoms with E-state index in [-0.39, 0.29) is 24.9 Å². The molecule has 0 aliphatic heterocycles. The Balaban J connectivity index is 2.63. The van der Waals surface area contributed by atoms with Gasteiger partial charge in [-0.1, -0.05) is 12.1 Å². The number of hydrogen-bond donors (Lipinski definition) is 2. The van der Waals surface area contributed by atoms with Crippen LogP contribution in [0.1, 0.15) is 32.3 Å². The summed E-state index contributed by atoms with van der Waals surface area (Å²) < 4.78 is 22.9. The number of hydrogen-bond acceptors (Lipinski definition) is 5. The number of primary amides is 1. The van der Waals surface area contributed by atoms with E-state index in [9.17, 15) is 14.2 Å². The van der Waals surface area contributed by atoms with Gasteiger partial charge in [-0.3, -0.25) is 14.2 Å². The minimum Gasteiger partial charge on any atom is -0.370 e. The van der Waals surface area contributed by atoms with Crippen molar-refractivity contribution in [2.75, 3.05) is 18.5 Å². The highest BCUT2D eigenvalue weighted by atomic mass is 31.2. The smallest absolute Gasteiger partial charge is 0.335 e. The highest BCUT2D eigenvalue weighted by molar-refractivity contribution is 7.53. The second-order valence-electron chi connectivity index (χ2n) is 4.82. The van der Waals surface area contributed by atoms with E-state index in [0.717, 1.165) is 5.56 Å². The lowest BCUT2D eigenvalue weighted by molar-refractivity contribution is -0.122. The van der Waals surface area contributed by atoms with Gasteiger partial charge in [0.2, 0.25) is 11.8 Å². The van der Waals surface area contributed by atoms with Crippen LogP contribution in [0.4, 0.5) is 5.69 Å². The second kappa shape index (κ2) is 9.45. The van der Waals surface area contributed by atoms with Crippen LogP contribution in [-0.4, -0.2) is 25.0 Å². The lowest BCUT2D eigenvalue weighted by Crippen LogP contribution is -2.17. The third-order valence-corrected chi connectivity index (χ3v) is 4.92. The lowest BCUT2D eigenvalue weighted by atomic mass is 10.2. The third kappa shape index (κ3) is 7.41. The van der Waals surface area contributed by atoms with Gasteiger partial charge in [-0.25, -0.2) is 0 Å². The SMILES string of the molecule is CCOP(=O)(Cc1ccc(NC(=O)CCC(N)=O)cc1)OCC. The van der Waals surface area contributed by atoms with E-state index >= 15 is 0 Å². The molecule has 1 rings (SSSR count). The molecule has 0 atom stereocenters. The van der Waals surface area contributed by atoms with Crippen molar-refractivity contribution in [1.82, 2.24) is 0 Å². The lowest BCUT2D eigenvalue weighted by Gasteiger charge is -2.17. The first-order valence-electron chi connectivity index (χ1n) is 7.43. The molecular formula is C15H23N2O5P. The first-order chi connectivity index (χ1) is 10.9. The summed E-state index contributed by atoms with van der Waals surface area (Å²) in [4.78, 5) is 22.2. The van der Waals surface area contributed by atoms with Gasteiger partial charge in [0.25, 0.3) is 0 Å². The molecule has 8 heteroatoms. The maximum atomic E-state index is 12.4. The number of benzene rings is 1. The molecule has 0 spiro atoms. The van der Waals surface area contributed by atoms with Gasteiger partial charge >= 0.3 is 7.60 Å². The molecule has 0 aromatic heterocycles. The van der Waals surface area contributed by atoms with Crippen molar-refractivity contribution in [3.05, 3.63) is 29.8 Å². The zero-order valence-corrected chi connectivity index (χ0v) is 14.3. The molecule has 0 radical (unpaired) electrons. The summed E-state index contributed by atoms with van der Waals surface area (Å²) in [6.07, 6.45) is 0.224. The summed E-state index contributed by atoms with van der Waals surface area (Å²) in [5, 5.41) is 2.66. The average Bonchev–Trinajstić information content (AvgIpc) is 2.47. The van der Waals surface area contributed by atoms with Crippen molar-refractivity contribution in [3.8, 4) is 0 Å². The van der Waals surface area contributed by atoms with Crippen LogP contribution in [0.25, 0.3) is 0 Å². The summed E-state index contributed by atoms with van der Waals surface area (Å²) in [6.45, 7) is 4.14. The molecule has 0 saturated carbocycles. The van der Waals surface area contributed by atoms with E-state index in [1.165, 1.54) is 0 Å². The summed E-state index contributed by atoms with van der Waals surface area (Å²) in [7, 11) is -3.14. The Morgan fingerprint density at radius 1 is 1.09 bits per heavy atom. The molecule has 0 fully saturated rings. The second-order valence-corrected chi connectivity index (χ2v) is 6.87. The molecule has 0 saturated heterocycles. The molecule has 0 aliphatic carbocycles. The zero-order chi connectivity index (χ0) is 17.3. The molecule has 0 unspecified atom stereocenters. The Bertz CT molecular complexity index is 564. The highest BCUT2D eigenvalue weighted by Crippen LogP contribution is 2.51. The van der Waals surface area contributed by atoms with E-state index in [0.29, 0.717) is 18.9 Å². The van der Waals surface area contributed by atoms with Crippen molar-refractivity contribution in [3.63, 3.8) is 0 Å². The Labute approximate surface area is 136 Å². The van der Waals surface area contributed by atoms with Crippen molar-refractivity contribution < 1.29 is 23.2 Å². The predicted octanol–water partition coefficient (Wildman–Crippen LogP) is 2.66. The third-order valence-electron chi connectivity index (χ3n) is 2.86. The van der Waals surface area contributed by atoms with Gasteiger partial charge < -0.3 is 20.1 Å². The Kier molecular flexibility index (Phi) is 7.95. The highest BCUT2D eigenvalue weighted by Gasteiger charge is 2.23. The Morgan fingerprint density at radius 3 is 2.13 bits per heavy atom. The molecule has 1 aromatic carbocycles. The maximum Gasteiger partial charge on any atom is 0.335 e. The van der Waals surface area contributed by atoms with Gasteiger partial charge in [-0.15, -0.1) is 0 Å². The van der Waals surface area contributed by atoms with Crippen molar-refractivity contribution >= 4 is 25.1 Å². The number of anilines is 1. The van der Waals surface area contributed by atoms with Crippen LogP contribution >= 0.6 is 7.60 Å². The number of amides is 2. The van der Waals surface area contributed by atoms with E-state index in [1.54, 1.807) is 38.1 Å². The molecule has 3 N–H and O–H groups in total. The van der Waals surface area contributed by atoms with E-state index in [2.05, 4.69) is 5.32 Å². The van der Waals surface area contributed by atoms with Crippen molar-refractivity contribution in [1.29, 1.82) is 0 Å². The maximum absolute atomic E-state index is 12.4. The molecule has 0 bridgehead atoms. The molecule has 2 amide bonds. The van der Waals surface area contributed by atoms with E-state index in [4.69, 9.17) is 14.8 Å². The Hall–Kier alpha value is -1.69. The summed E-state index contributed by atoms with van der Waals surface area (Å²) in [5.74, 6) is -0.802. The fraction of sp³-hybridized carbons (Fsp3) is 0.467. The first kappa shape index (κ1) is 19.4. The normalized spacial score (nSPS) is 11.2. The van der Waals surface area contributed by atoms with Crippen LogP contribution in [0.3, 0.4) is 0 Å². The summed E-state index contributed by atoms with van der Waals surface area (Å²) in [6, 6.07) is 6.88. The average molecular weight is 342 g/mol. The molecule has 7 nitrogen and oxygen atoms in total. The number of carbonyl (C=O) groups excluding carboxylic acids is 2. The predicted molar refractivity (Wildman–Crippen MR) is 88.1 cm³/mol. The molecule has 128 valence electrons. The minimum absolute atomic E-state index is 0.00973. The van der Waals surface area contributed by atoms with Crippen molar-refractivity contribution in [2.24, 2.45) is 5.73 Å². The first-order valence-corrected chi connectivity index (χ1v) is 9.16. The van der Waals surface area contributed by atoms with Gasteiger partial charge in [-0.2, -0.15) is 0 Å². The largest absolute Gasteiger partial charge is 0.370 e. The van der Waals surface area contributed by atoms with Crippen LogP contribution in [0.5, 0.6) is 0 Å². The van der Waals surface area contributed by atoms with Crippen molar-refractivity contribution in [2.45, 2.75) is 32.9 Å². The van der Waals surface area contributed by atoms with Gasteiger partial charge in [0.15, 0.2) is 0 Å². The van der Waals surface area contributed by atoms with Gasteiger partial charge in [-0.05, 0) is 31.5 Å². The van der Waals surface area contributed by atoms with Crippen LogP contribution in [0, 0.1) is 0 Å². The van der Waals surface area contributed by atoms with Gasteiger partial charge in [0, 0.05) is 18.5 Å². The molecular weight excluding hydrogens is 319 g/mol. The summed E-state index contributed by atoms with van der Waals surface area (Å²) in [5.41, 5.74) is 6.36. The summed E-state index contributed by atoms with van der Waals surface area (Å²) >= 11 is 0. The molecule has 0 heterocycles. The Morgan fingerprint density at radius 2 is 1.65 bits per heavy atom. The molecule has 23 heavy (non-hydrogen) atoms. The number of carbonyl (C=O) groups is 2. The number of nitrogens with two attached hydrogens (primary N) is 1. The number of rotatable bonds is 10. The quantitative estimate of drug-likeness (QED) is 0.636. The fourth-order valence-corrected chi connectivity index (χ4v) is 3.60. The van der Waals surface area contributed by atoms with E-state index < -0.39 is 13.5 Å². The van der Waals surface area contributed by atoms with Gasteiger partial charge in [0.1, 0.15) is 0 Å². The van der Waals surface area contributed by atoms with E-state index in [1.807, 2.05) is 0 Å². The van der Waals surface area contributed by atoms with Gasteiger partial charge in [0.05, 0.1) is 19.4 Å². The van der Waals surface area contributed by atoms with Crippen LogP contribution in [-0.2, 0) is 29.4 Å². The molecule has 0 aliphatic rings. The van der Waals surface area contributed by atoms with Crippen LogP contribution in [0.2, 0.25) is 0 Å². The van der Waals surface area contributed by atoms with Crippen LogP contribution in [0.15, 0.2) is 24.3 Å². The number of nitrogens with one attached hydrogen (secondary N) is 1. The fourth-order valence-electron chi connectivity index (χ4n) is 1.90.